The van der Waals surface area contributed by atoms with Crippen LogP contribution in [0.4, 0.5) is 5.69 Å². The normalized spacial score (nSPS) is 17.1. The summed E-state index contributed by atoms with van der Waals surface area (Å²) in [4.78, 5) is 26.2. The second kappa shape index (κ2) is 8.11. The number of carbonyl (C=O) groups excluding carboxylic acids is 2. The molecule has 0 radical (unpaired) electrons. The summed E-state index contributed by atoms with van der Waals surface area (Å²) >= 11 is 5.90. The zero-order valence-corrected chi connectivity index (χ0v) is 14.0. The molecule has 0 aliphatic carbocycles. The summed E-state index contributed by atoms with van der Waals surface area (Å²) in [5.74, 6) is -0.678. The third-order valence-electron chi connectivity index (χ3n) is 3.90. The molecule has 1 fully saturated rings. The molecule has 1 aliphatic rings. The van der Waals surface area contributed by atoms with Crippen LogP contribution in [0.3, 0.4) is 0 Å². The van der Waals surface area contributed by atoms with Gasteiger partial charge in [-0.25, -0.2) is 0 Å². The minimum Gasteiger partial charge on any atom is -0.360 e. The number of hydrogen-bond donors (Lipinski definition) is 2. The Kier molecular flexibility index (Phi) is 6.16. The number of halogens is 1. The molecule has 0 bridgehead atoms. The highest BCUT2D eigenvalue weighted by Gasteiger charge is 2.31. The van der Waals surface area contributed by atoms with Gasteiger partial charge in [-0.15, -0.1) is 0 Å². The van der Waals surface area contributed by atoms with Crippen LogP contribution in [0.2, 0.25) is 5.02 Å². The maximum atomic E-state index is 12.4. The molecule has 1 atom stereocenters. The highest BCUT2D eigenvalue weighted by molar-refractivity contribution is 6.30. The quantitative estimate of drug-likeness (QED) is 0.784. The molecule has 1 aliphatic heterocycles. The van der Waals surface area contributed by atoms with Crippen LogP contribution in [0.5, 0.6) is 0 Å². The highest BCUT2D eigenvalue weighted by atomic mass is 35.5. The van der Waals surface area contributed by atoms with Gasteiger partial charge in [0.15, 0.2) is 0 Å². The molecule has 1 aromatic carbocycles. The van der Waals surface area contributed by atoms with Gasteiger partial charge in [0.25, 0.3) is 0 Å². The van der Waals surface area contributed by atoms with E-state index >= 15 is 0 Å². The Labute approximate surface area is 141 Å². The van der Waals surface area contributed by atoms with Crippen LogP contribution in [-0.2, 0) is 9.59 Å². The van der Waals surface area contributed by atoms with Crippen LogP contribution >= 0.6 is 11.6 Å². The number of anilines is 1. The van der Waals surface area contributed by atoms with Crippen LogP contribution < -0.4 is 10.2 Å². The molecule has 2 N–H and O–H groups in total. The van der Waals surface area contributed by atoms with Gasteiger partial charge in [-0.05, 0) is 43.5 Å². The van der Waals surface area contributed by atoms with Crippen molar-refractivity contribution in [3.05, 3.63) is 29.3 Å². The SMILES string of the molecule is CCCC(=N)CC(=O)NC(=O)C1CCCN1c1ccc(Cl)cc1. The number of nitrogens with zero attached hydrogens (tertiary/aromatic N) is 1. The van der Waals surface area contributed by atoms with E-state index in [1.54, 1.807) is 12.1 Å². The van der Waals surface area contributed by atoms with Gasteiger partial charge in [-0.1, -0.05) is 24.9 Å². The molecule has 0 saturated carbocycles. The van der Waals surface area contributed by atoms with E-state index in [9.17, 15) is 9.59 Å². The molecule has 5 nitrogen and oxygen atoms in total. The van der Waals surface area contributed by atoms with E-state index in [2.05, 4.69) is 5.32 Å². The van der Waals surface area contributed by atoms with Crippen molar-refractivity contribution in [2.24, 2.45) is 0 Å². The summed E-state index contributed by atoms with van der Waals surface area (Å²) in [5, 5.41) is 10.8. The Morgan fingerprint density at radius 3 is 2.70 bits per heavy atom. The molecule has 1 unspecified atom stereocenters. The minimum atomic E-state index is -0.392. The number of carbonyl (C=O) groups is 2. The van der Waals surface area contributed by atoms with Crippen LogP contribution in [0.1, 0.15) is 39.0 Å². The number of amides is 2. The summed E-state index contributed by atoms with van der Waals surface area (Å²) in [6, 6.07) is 7.00. The molecule has 1 saturated heterocycles. The first-order valence-corrected chi connectivity index (χ1v) is 8.31. The lowest BCUT2D eigenvalue weighted by Crippen LogP contribution is -2.45. The summed E-state index contributed by atoms with van der Waals surface area (Å²) in [7, 11) is 0. The molecule has 23 heavy (non-hydrogen) atoms. The molecule has 6 heteroatoms. The maximum Gasteiger partial charge on any atom is 0.249 e. The van der Waals surface area contributed by atoms with Crippen molar-refractivity contribution >= 4 is 34.8 Å². The fourth-order valence-corrected chi connectivity index (χ4v) is 2.96. The lowest BCUT2D eigenvalue weighted by atomic mass is 10.1. The molecule has 124 valence electrons. The molecule has 2 rings (SSSR count). The van der Waals surface area contributed by atoms with Gasteiger partial charge in [0.2, 0.25) is 11.8 Å². The second-order valence-electron chi connectivity index (χ2n) is 5.77. The van der Waals surface area contributed by atoms with Crippen molar-refractivity contribution < 1.29 is 9.59 Å². The highest BCUT2D eigenvalue weighted by Crippen LogP contribution is 2.26. The Morgan fingerprint density at radius 1 is 1.35 bits per heavy atom. The first kappa shape index (κ1) is 17.5. The van der Waals surface area contributed by atoms with Crippen LogP contribution in [0, 0.1) is 5.41 Å². The van der Waals surface area contributed by atoms with Crippen molar-refractivity contribution in [1.82, 2.24) is 5.32 Å². The van der Waals surface area contributed by atoms with Crippen molar-refractivity contribution in [3.8, 4) is 0 Å². The predicted octanol–water partition coefficient (Wildman–Crippen LogP) is 3.16. The van der Waals surface area contributed by atoms with E-state index in [1.807, 2.05) is 24.0 Å². The molecule has 1 aromatic rings. The van der Waals surface area contributed by atoms with E-state index in [4.69, 9.17) is 17.0 Å². The van der Waals surface area contributed by atoms with E-state index < -0.39 is 5.91 Å². The van der Waals surface area contributed by atoms with Crippen molar-refractivity contribution in [2.75, 3.05) is 11.4 Å². The predicted molar refractivity (Wildman–Crippen MR) is 92.2 cm³/mol. The molecule has 1 heterocycles. The first-order valence-electron chi connectivity index (χ1n) is 7.93. The second-order valence-corrected chi connectivity index (χ2v) is 6.21. The Bertz CT molecular complexity index is 586. The van der Waals surface area contributed by atoms with E-state index in [1.165, 1.54) is 0 Å². The van der Waals surface area contributed by atoms with Gasteiger partial charge in [0.05, 0.1) is 6.42 Å². The minimum absolute atomic E-state index is 0.00670. The lowest BCUT2D eigenvalue weighted by molar-refractivity contribution is -0.130. The molecular formula is C17H22ClN3O2. The fraction of sp³-hybridized carbons (Fsp3) is 0.471. The van der Waals surface area contributed by atoms with E-state index in [-0.39, 0.29) is 18.4 Å². The zero-order chi connectivity index (χ0) is 16.8. The number of rotatable bonds is 6. The van der Waals surface area contributed by atoms with Crippen LogP contribution in [-0.4, -0.2) is 30.1 Å². The van der Waals surface area contributed by atoms with Crippen molar-refractivity contribution in [3.63, 3.8) is 0 Å². The molecule has 0 spiro atoms. The maximum absolute atomic E-state index is 12.4. The first-order chi connectivity index (χ1) is 11.0. The Balaban J connectivity index is 1.96. The van der Waals surface area contributed by atoms with Crippen molar-refractivity contribution in [1.29, 1.82) is 5.41 Å². The number of imide groups is 1. The Hall–Kier alpha value is -1.88. The topological polar surface area (TPSA) is 73.3 Å². The average molecular weight is 336 g/mol. The van der Waals surface area contributed by atoms with Gasteiger partial charge in [0.1, 0.15) is 6.04 Å². The lowest BCUT2D eigenvalue weighted by Gasteiger charge is -2.25. The summed E-state index contributed by atoms with van der Waals surface area (Å²) in [5.41, 5.74) is 1.29. The van der Waals surface area contributed by atoms with Gasteiger partial charge in [-0.2, -0.15) is 0 Å². The van der Waals surface area contributed by atoms with Crippen molar-refractivity contribution in [2.45, 2.75) is 45.1 Å². The number of hydrogen-bond acceptors (Lipinski definition) is 4. The van der Waals surface area contributed by atoms with Crippen LogP contribution in [0.15, 0.2) is 24.3 Å². The third kappa shape index (κ3) is 4.79. The smallest absolute Gasteiger partial charge is 0.249 e. The molecule has 2 amide bonds. The number of benzene rings is 1. The third-order valence-corrected chi connectivity index (χ3v) is 4.15. The standard InChI is InChI=1S/C17H22ClN3O2/c1-2-4-13(19)11-16(22)20-17(23)15-5-3-10-21(15)14-8-6-12(18)7-9-14/h6-9,15,19H,2-5,10-11H2,1H3,(H,20,22,23). The number of nitrogens with one attached hydrogen (secondary N) is 2. The summed E-state index contributed by atoms with van der Waals surface area (Å²) < 4.78 is 0. The Morgan fingerprint density at radius 2 is 2.04 bits per heavy atom. The fourth-order valence-electron chi connectivity index (χ4n) is 2.83. The average Bonchev–Trinajstić information content (AvgIpc) is 2.97. The summed E-state index contributed by atoms with van der Waals surface area (Å²) in [6.45, 7) is 2.74. The largest absolute Gasteiger partial charge is 0.360 e. The van der Waals surface area contributed by atoms with Gasteiger partial charge < -0.3 is 10.3 Å². The van der Waals surface area contributed by atoms with Gasteiger partial charge >= 0.3 is 0 Å². The summed E-state index contributed by atoms with van der Waals surface area (Å²) in [6.07, 6.45) is 3.02. The van der Waals surface area contributed by atoms with E-state index in [0.29, 0.717) is 23.6 Å². The molecule has 0 aromatic heterocycles. The zero-order valence-electron chi connectivity index (χ0n) is 13.3. The van der Waals surface area contributed by atoms with Crippen LogP contribution in [0.25, 0.3) is 0 Å². The van der Waals surface area contributed by atoms with Gasteiger partial charge in [-0.3, -0.25) is 14.9 Å². The van der Waals surface area contributed by atoms with Gasteiger partial charge in [0, 0.05) is 23.0 Å². The monoisotopic (exact) mass is 335 g/mol. The van der Waals surface area contributed by atoms with E-state index in [0.717, 1.165) is 25.1 Å². The molecular weight excluding hydrogens is 314 g/mol.